The van der Waals surface area contributed by atoms with E-state index in [0.717, 1.165) is 37.9 Å². The summed E-state index contributed by atoms with van der Waals surface area (Å²) in [5.74, 6) is 0.0325. The Morgan fingerprint density at radius 3 is 2.95 bits per heavy atom. The van der Waals surface area contributed by atoms with Crippen molar-refractivity contribution in [3.8, 4) is 0 Å². The van der Waals surface area contributed by atoms with Crippen molar-refractivity contribution in [2.24, 2.45) is 0 Å². The maximum atomic E-state index is 12.1. The van der Waals surface area contributed by atoms with Crippen LogP contribution in [0.2, 0.25) is 0 Å². The normalized spacial score (nSPS) is 18.0. The van der Waals surface area contributed by atoms with Crippen molar-refractivity contribution in [1.82, 2.24) is 15.5 Å². The Balaban J connectivity index is 1.50. The van der Waals surface area contributed by atoms with Gasteiger partial charge in [0.2, 0.25) is 11.8 Å². The number of hydrogen-bond donors (Lipinski definition) is 2. The predicted molar refractivity (Wildman–Crippen MR) is 83.9 cm³/mol. The van der Waals surface area contributed by atoms with Gasteiger partial charge in [0.05, 0.1) is 6.54 Å². The van der Waals surface area contributed by atoms with Gasteiger partial charge in [-0.25, -0.2) is 0 Å². The topological polar surface area (TPSA) is 61.4 Å². The second-order valence-corrected chi connectivity index (χ2v) is 6.11. The van der Waals surface area contributed by atoms with Crippen molar-refractivity contribution in [1.29, 1.82) is 0 Å². The fourth-order valence-electron chi connectivity index (χ4n) is 3.09. The highest BCUT2D eigenvalue weighted by atomic mass is 16.2. The summed E-state index contributed by atoms with van der Waals surface area (Å²) in [6.07, 6.45) is 3.59. The molecule has 0 aliphatic carbocycles. The van der Waals surface area contributed by atoms with E-state index in [-0.39, 0.29) is 18.4 Å². The smallest absolute Gasteiger partial charge is 0.239 e. The molecular weight excluding hydrogens is 278 g/mol. The van der Waals surface area contributed by atoms with Crippen LogP contribution in [0, 0.1) is 0 Å². The molecule has 5 heteroatoms. The van der Waals surface area contributed by atoms with Gasteiger partial charge in [-0.2, -0.15) is 0 Å². The Labute approximate surface area is 131 Å². The van der Waals surface area contributed by atoms with Crippen LogP contribution in [0.25, 0.3) is 0 Å². The van der Waals surface area contributed by atoms with Crippen molar-refractivity contribution in [2.45, 2.75) is 45.3 Å². The molecule has 1 aromatic carbocycles. The summed E-state index contributed by atoms with van der Waals surface area (Å²) in [6.45, 7) is 3.24. The van der Waals surface area contributed by atoms with E-state index < -0.39 is 0 Å². The fourth-order valence-corrected chi connectivity index (χ4v) is 3.09. The number of benzene rings is 1. The molecule has 5 nitrogen and oxygen atoms in total. The van der Waals surface area contributed by atoms with E-state index in [2.05, 4.69) is 28.8 Å². The molecule has 0 spiro atoms. The van der Waals surface area contributed by atoms with Crippen molar-refractivity contribution in [2.75, 3.05) is 13.1 Å². The van der Waals surface area contributed by atoms with Gasteiger partial charge >= 0.3 is 0 Å². The van der Waals surface area contributed by atoms with Crippen LogP contribution in [0.4, 0.5) is 0 Å². The van der Waals surface area contributed by atoms with Gasteiger partial charge in [0.25, 0.3) is 0 Å². The minimum atomic E-state index is -0.0751. The highest BCUT2D eigenvalue weighted by molar-refractivity contribution is 5.84. The van der Waals surface area contributed by atoms with Gasteiger partial charge in [-0.3, -0.25) is 9.59 Å². The molecule has 1 saturated heterocycles. The first-order valence-corrected chi connectivity index (χ1v) is 8.08. The minimum absolute atomic E-state index is 0.0751. The van der Waals surface area contributed by atoms with Crippen LogP contribution in [0.15, 0.2) is 18.2 Å². The number of rotatable bonds is 4. The monoisotopic (exact) mass is 301 g/mol. The molecule has 0 atom stereocenters. The lowest BCUT2D eigenvalue weighted by Gasteiger charge is -2.19. The zero-order valence-electron chi connectivity index (χ0n) is 12.9. The molecule has 22 heavy (non-hydrogen) atoms. The molecule has 2 amide bonds. The highest BCUT2D eigenvalue weighted by Crippen LogP contribution is 2.17. The zero-order valence-corrected chi connectivity index (χ0v) is 12.9. The standard InChI is InChI=1S/C17H23N3O2/c21-16(12-20-7-3-1-2-4-17(20)22)19-9-13-5-6-14-10-18-11-15(14)8-13/h5-6,8,18H,1-4,7,9-12H2,(H,19,21). The lowest BCUT2D eigenvalue weighted by molar-refractivity contribution is -0.135. The van der Waals surface area contributed by atoms with Crippen LogP contribution in [0.1, 0.15) is 42.4 Å². The first-order valence-electron chi connectivity index (χ1n) is 8.08. The number of amides is 2. The summed E-state index contributed by atoms with van der Waals surface area (Å²) in [6, 6.07) is 6.32. The third kappa shape index (κ3) is 3.65. The van der Waals surface area contributed by atoms with Crippen LogP contribution in [-0.2, 0) is 29.2 Å². The summed E-state index contributed by atoms with van der Waals surface area (Å²) in [5.41, 5.74) is 3.76. The third-order valence-corrected chi connectivity index (χ3v) is 4.40. The van der Waals surface area contributed by atoms with Crippen molar-refractivity contribution in [3.63, 3.8) is 0 Å². The molecule has 0 unspecified atom stereocenters. The Hall–Kier alpha value is -1.88. The average Bonchev–Trinajstić information content (AvgIpc) is 2.89. The van der Waals surface area contributed by atoms with E-state index in [1.807, 2.05) is 0 Å². The van der Waals surface area contributed by atoms with Gasteiger partial charge in [-0.15, -0.1) is 0 Å². The first-order chi connectivity index (χ1) is 10.7. The number of carbonyl (C=O) groups excluding carboxylic acids is 2. The van der Waals surface area contributed by atoms with Gasteiger partial charge < -0.3 is 15.5 Å². The van der Waals surface area contributed by atoms with Crippen LogP contribution in [0.5, 0.6) is 0 Å². The van der Waals surface area contributed by atoms with Crippen LogP contribution in [-0.4, -0.2) is 29.8 Å². The molecule has 0 radical (unpaired) electrons. The van der Waals surface area contributed by atoms with Gasteiger partial charge in [0.1, 0.15) is 0 Å². The molecule has 0 bridgehead atoms. The maximum absolute atomic E-state index is 12.1. The van der Waals surface area contributed by atoms with Gasteiger partial charge in [-0.05, 0) is 29.5 Å². The molecule has 2 N–H and O–H groups in total. The van der Waals surface area contributed by atoms with E-state index in [1.54, 1.807) is 4.90 Å². The second-order valence-electron chi connectivity index (χ2n) is 6.11. The van der Waals surface area contributed by atoms with Gasteiger partial charge in [-0.1, -0.05) is 24.6 Å². The molecule has 0 aromatic heterocycles. The van der Waals surface area contributed by atoms with Crippen molar-refractivity contribution in [3.05, 3.63) is 34.9 Å². The average molecular weight is 301 g/mol. The lowest BCUT2D eigenvalue weighted by atomic mass is 10.1. The summed E-state index contributed by atoms with van der Waals surface area (Å²) in [4.78, 5) is 25.6. The molecule has 2 aliphatic rings. The van der Waals surface area contributed by atoms with Gasteiger partial charge in [0, 0.05) is 32.6 Å². The molecule has 0 saturated carbocycles. The number of nitrogens with zero attached hydrogens (tertiary/aromatic N) is 1. The summed E-state index contributed by atoms with van der Waals surface area (Å²) in [7, 11) is 0. The number of carbonyl (C=O) groups is 2. The highest BCUT2D eigenvalue weighted by Gasteiger charge is 2.19. The molecule has 1 aromatic rings. The predicted octanol–water partition coefficient (Wildman–Crippen LogP) is 1.31. The lowest BCUT2D eigenvalue weighted by Crippen LogP contribution is -2.40. The van der Waals surface area contributed by atoms with E-state index in [4.69, 9.17) is 0 Å². The number of nitrogens with one attached hydrogen (secondary N) is 2. The third-order valence-electron chi connectivity index (χ3n) is 4.40. The van der Waals surface area contributed by atoms with Crippen molar-refractivity contribution >= 4 is 11.8 Å². The minimum Gasteiger partial charge on any atom is -0.350 e. The van der Waals surface area contributed by atoms with Gasteiger partial charge in [0.15, 0.2) is 0 Å². The quantitative estimate of drug-likeness (QED) is 0.881. The summed E-state index contributed by atoms with van der Waals surface area (Å²) < 4.78 is 0. The molecule has 3 rings (SSSR count). The Kier molecular flexibility index (Phi) is 4.73. The van der Waals surface area contributed by atoms with E-state index >= 15 is 0 Å². The van der Waals surface area contributed by atoms with E-state index in [0.29, 0.717) is 19.5 Å². The Bertz CT molecular complexity index is 571. The Morgan fingerprint density at radius 2 is 2.05 bits per heavy atom. The maximum Gasteiger partial charge on any atom is 0.239 e. The van der Waals surface area contributed by atoms with E-state index in [1.165, 1.54) is 11.1 Å². The van der Waals surface area contributed by atoms with Crippen molar-refractivity contribution < 1.29 is 9.59 Å². The second kappa shape index (κ2) is 6.92. The first kappa shape index (κ1) is 15.0. The molecular formula is C17H23N3O2. The van der Waals surface area contributed by atoms with Crippen LogP contribution < -0.4 is 10.6 Å². The van der Waals surface area contributed by atoms with Crippen LogP contribution >= 0.6 is 0 Å². The molecule has 2 aliphatic heterocycles. The number of fused-ring (bicyclic) bond motifs is 1. The molecule has 118 valence electrons. The van der Waals surface area contributed by atoms with E-state index in [9.17, 15) is 9.59 Å². The molecule has 2 heterocycles. The summed E-state index contributed by atoms with van der Waals surface area (Å²) >= 11 is 0. The van der Waals surface area contributed by atoms with Crippen LogP contribution in [0.3, 0.4) is 0 Å². The summed E-state index contributed by atoms with van der Waals surface area (Å²) in [5, 5.41) is 6.24. The number of hydrogen-bond acceptors (Lipinski definition) is 3. The SMILES string of the molecule is O=C(CN1CCCCCC1=O)NCc1ccc2c(c1)CNC2. The Morgan fingerprint density at radius 1 is 1.18 bits per heavy atom. The number of likely N-dealkylation sites (tertiary alicyclic amines) is 1. The largest absolute Gasteiger partial charge is 0.350 e. The zero-order chi connectivity index (χ0) is 15.4. The molecule has 1 fully saturated rings. The fraction of sp³-hybridized carbons (Fsp3) is 0.529.